The van der Waals surface area contributed by atoms with Crippen LogP contribution in [0.3, 0.4) is 0 Å². The molecule has 10 rings (SSSR count). The number of aliphatic hydroxyl groups is 1. The van der Waals surface area contributed by atoms with E-state index < -0.39 is 53.5 Å². The Bertz CT molecular complexity index is 2930. The van der Waals surface area contributed by atoms with Crippen LogP contribution in [0.1, 0.15) is 78.1 Å². The summed E-state index contributed by atoms with van der Waals surface area (Å²) in [5.74, 6) is 3.81. The molecule has 4 aliphatic rings. The fourth-order valence-electron chi connectivity index (χ4n) is 11.0. The van der Waals surface area contributed by atoms with Gasteiger partial charge < -0.3 is 29.0 Å². The molecule has 0 radical (unpaired) electrons. The van der Waals surface area contributed by atoms with E-state index in [-0.39, 0.29) is 44.6 Å². The van der Waals surface area contributed by atoms with Crippen LogP contribution in [0.5, 0.6) is 5.75 Å². The Morgan fingerprint density at radius 1 is 0.786 bits per heavy atom. The SMILES string of the molecule is COCCOC(=O)N1C(=O)[C@@]2(c3cc(C#CCn4nnc5ccccc54)ccc31)[C@H](C(=O)N1CCCCCCC1)[C@H]1C(=O)O[C@H](c3ccccc3)[C@H](c3ccccc3)N1[C@@H]2c1ccc(OCCO)cc1. The van der Waals surface area contributed by atoms with Crippen molar-refractivity contribution in [3.63, 3.8) is 0 Å². The van der Waals surface area contributed by atoms with Crippen molar-refractivity contribution in [1.29, 1.82) is 0 Å². The summed E-state index contributed by atoms with van der Waals surface area (Å²) in [6, 6.07) is 36.0. The number of imide groups is 1. The number of carbonyl (C=O) groups is 4. The highest BCUT2D eigenvalue weighted by molar-refractivity contribution is 6.23. The average molecular weight is 943 g/mol. The first kappa shape index (κ1) is 46.4. The van der Waals surface area contributed by atoms with Gasteiger partial charge in [0.25, 0.3) is 0 Å². The quantitative estimate of drug-likeness (QED) is 0.0798. The molecular weight excluding hydrogens is 889 g/mol. The molecule has 15 nitrogen and oxygen atoms in total. The van der Waals surface area contributed by atoms with Crippen molar-refractivity contribution in [1.82, 2.24) is 24.8 Å². The molecule has 0 bridgehead atoms. The largest absolute Gasteiger partial charge is 0.491 e. The zero-order valence-electron chi connectivity index (χ0n) is 38.9. The Labute approximate surface area is 405 Å². The van der Waals surface area contributed by atoms with Crippen molar-refractivity contribution in [3.8, 4) is 17.6 Å². The van der Waals surface area contributed by atoms with Gasteiger partial charge in [0, 0.05) is 25.8 Å². The van der Waals surface area contributed by atoms with Gasteiger partial charge >= 0.3 is 12.1 Å². The predicted molar refractivity (Wildman–Crippen MR) is 258 cm³/mol. The fraction of sp³-hybridized carbons (Fsp3) is 0.345. The predicted octanol–water partition coefficient (Wildman–Crippen LogP) is 7.10. The molecule has 3 saturated heterocycles. The van der Waals surface area contributed by atoms with Crippen LogP contribution in [-0.4, -0.2) is 106 Å². The molecule has 4 aliphatic heterocycles. The molecular formula is C55H54N6O9. The Balaban J connectivity index is 1.24. The molecule has 358 valence electrons. The zero-order valence-corrected chi connectivity index (χ0v) is 38.9. The number of anilines is 1. The standard InChI is InChI=1S/C55H54N6O9/c1-67-34-35-69-54(66)60-44-28-23-37(16-15-31-59-45-22-12-11-21-43(45)56-57-59)36-42(44)55(53(60)65)46(51(63)58-29-13-3-2-4-14-30-58)48-52(64)70-49(39-19-9-6-10-20-39)47(38-17-7-5-8-18-38)61(48)50(55)40-24-26-41(27-25-40)68-33-32-62/h5-12,17-28,36,46-50,62H,2-4,13-14,29-35H2,1H3/t46-,47-,48-,49+,50+,55-/m0/s1. The number of aliphatic hydroxyl groups excluding tert-OH is 1. The highest BCUT2D eigenvalue weighted by atomic mass is 16.6. The smallest absolute Gasteiger partial charge is 0.421 e. The van der Waals surface area contributed by atoms with Crippen molar-refractivity contribution in [3.05, 3.63) is 155 Å². The number of likely N-dealkylation sites (tertiary alicyclic amines) is 1. The Hall–Kier alpha value is -7.38. The molecule has 5 aromatic carbocycles. The maximum atomic E-state index is 16.6. The van der Waals surface area contributed by atoms with Crippen molar-refractivity contribution >= 4 is 40.6 Å². The number of hydrogen-bond acceptors (Lipinski definition) is 12. The Kier molecular flexibility index (Phi) is 13.4. The molecule has 0 aliphatic carbocycles. The molecule has 6 atom stereocenters. The lowest BCUT2D eigenvalue weighted by Gasteiger charge is -2.46. The van der Waals surface area contributed by atoms with Gasteiger partial charge in [-0.1, -0.05) is 121 Å². The number of carbonyl (C=O) groups excluding carboxylic acids is 4. The third-order valence-electron chi connectivity index (χ3n) is 14.0. The van der Waals surface area contributed by atoms with Crippen molar-refractivity contribution in [2.75, 3.05) is 51.5 Å². The molecule has 1 aromatic heterocycles. The highest BCUT2D eigenvalue weighted by Crippen LogP contribution is 2.66. The lowest BCUT2D eigenvalue weighted by molar-refractivity contribution is -0.179. The number of para-hydroxylation sites is 1. The van der Waals surface area contributed by atoms with Gasteiger partial charge in [0.05, 0.1) is 42.4 Å². The number of morpholine rings is 1. The number of cyclic esters (lactones) is 1. The van der Waals surface area contributed by atoms with Gasteiger partial charge in [-0.05, 0) is 77.6 Å². The molecule has 0 unspecified atom stereocenters. The maximum absolute atomic E-state index is 16.6. The van der Waals surface area contributed by atoms with Gasteiger partial charge in [-0.3, -0.25) is 19.3 Å². The lowest BCUT2D eigenvalue weighted by Crippen LogP contribution is -2.56. The zero-order chi connectivity index (χ0) is 48.2. The van der Waals surface area contributed by atoms with Crippen LogP contribution in [-0.2, 0) is 40.6 Å². The average Bonchev–Trinajstić information content (AvgIpc) is 4.02. The van der Waals surface area contributed by atoms with E-state index in [0.29, 0.717) is 35.5 Å². The van der Waals surface area contributed by atoms with Crippen LogP contribution in [0.25, 0.3) is 11.0 Å². The summed E-state index contributed by atoms with van der Waals surface area (Å²) in [7, 11) is 1.48. The molecule has 3 amide bonds. The molecule has 1 spiro atoms. The fourth-order valence-corrected chi connectivity index (χ4v) is 11.0. The topological polar surface area (TPSA) is 166 Å². The first-order valence-electron chi connectivity index (χ1n) is 24.0. The number of ether oxygens (including phenoxy) is 4. The van der Waals surface area contributed by atoms with Crippen LogP contribution in [0.2, 0.25) is 0 Å². The third-order valence-corrected chi connectivity index (χ3v) is 14.0. The number of rotatable bonds is 11. The molecule has 6 aromatic rings. The van der Waals surface area contributed by atoms with Gasteiger partial charge in [0.15, 0.2) is 0 Å². The van der Waals surface area contributed by atoms with Gasteiger partial charge in [-0.15, -0.1) is 5.10 Å². The number of fused-ring (bicyclic) bond motifs is 4. The number of esters is 1. The number of nitrogens with zero attached hydrogens (tertiary/aromatic N) is 6. The molecule has 15 heteroatoms. The second-order valence-electron chi connectivity index (χ2n) is 18.0. The van der Waals surface area contributed by atoms with Gasteiger partial charge in [0.2, 0.25) is 11.8 Å². The van der Waals surface area contributed by atoms with Crippen LogP contribution in [0.15, 0.2) is 127 Å². The van der Waals surface area contributed by atoms with E-state index in [2.05, 4.69) is 22.2 Å². The first-order valence-corrected chi connectivity index (χ1v) is 24.0. The minimum Gasteiger partial charge on any atom is -0.491 e. The minimum atomic E-state index is -1.97. The molecule has 70 heavy (non-hydrogen) atoms. The van der Waals surface area contributed by atoms with Gasteiger partial charge in [-0.2, -0.15) is 0 Å². The third kappa shape index (κ3) is 8.35. The normalized spacial score (nSPS) is 23.2. The Morgan fingerprint density at radius 3 is 2.21 bits per heavy atom. The first-order chi connectivity index (χ1) is 34.3. The minimum absolute atomic E-state index is 0.0525. The molecule has 5 heterocycles. The monoisotopic (exact) mass is 942 g/mol. The van der Waals surface area contributed by atoms with E-state index in [9.17, 15) is 9.90 Å². The summed E-state index contributed by atoms with van der Waals surface area (Å²) >= 11 is 0. The van der Waals surface area contributed by atoms with Crippen molar-refractivity contribution in [2.24, 2.45) is 5.92 Å². The second kappa shape index (κ2) is 20.3. The molecule has 1 N–H and O–H groups in total. The lowest BCUT2D eigenvalue weighted by atomic mass is 9.64. The van der Waals surface area contributed by atoms with Crippen molar-refractivity contribution in [2.45, 2.75) is 68.3 Å². The summed E-state index contributed by atoms with van der Waals surface area (Å²) in [5, 5.41) is 18.2. The summed E-state index contributed by atoms with van der Waals surface area (Å²) in [5.41, 5.74) is 2.73. The number of hydrogen-bond donors (Lipinski definition) is 1. The summed E-state index contributed by atoms with van der Waals surface area (Å²) < 4.78 is 25.2. The number of aromatic nitrogens is 3. The van der Waals surface area contributed by atoms with Crippen LogP contribution in [0.4, 0.5) is 10.5 Å². The van der Waals surface area contributed by atoms with Gasteiger partial charge in [0.1, 0.15) is 48.6 Å². The summed E-state index contributed by atoms with van der Waals surface area (Å²) in [6.45, 7) is 0.832. The van der Waals surface area contributed by atoms with E-state index in [4.69, 9.17) is 18.9 Å². The van der Waals surface area contributed by atoms with Crippen LogP contribution in [0, 0.1) is 17.8 Å². The summed E-state index contributed by atoms with van der Waals surface area (Å²) in [4.78, 5) is 67.8. The van der Waals surface area contributed by atoms with E-state index >= 15 is 14.4 Å². The van der Waals surface area contributed by atoms with Crippen LogP contribution < -0.4 is 9.64 Å². The van der Waals surface area contributed by atoms with Crippen LogP contribution >= 0.6 is 0 Å². The van der Waals surface area contributed by atoms with E-state index in [0.717, 1.165) is 59.2 Å². The van der Waals surface area contributed by atoms with E-state index in [1.807, 2.05) is 107 Å². The number of amides is 3. The van der Waals surface area contributed by atoms with Crippen molar-refractivity contribution < 1.29 is 43.2 Å². The molecule has 0 saturated carbocycles. The second-order valence-corrected chi connectivity index (χ2v) is 18.0. The summed E-state index contributed by atoms with van der Waals surface area (Å²) in [6.07, 6.45) is 2.55. The highest BCUT2D eigenvalue weighted by Gasteiger charge is 2.76. The maximum Gasteiger partial charge on any atom is 0.421 e. The number of benzene rings is 5. The molecule has 3 fully saturated rings. The Morgan fingerprint density at radius 2 is 1.49 bits per heavy atom. The van der Waals surface area contributed by atoms with Gasteiger partial charge in [-0.25, -0.2) is 14.4 Å². The van der Waals surface area contributed by atoms with E-state index in [1.54, 1.807) is 35.0 Å². The van der Waals surface area contributed by atoms with E-state index in [1.165, 1.54) is 7.11 Å². The number of methoxy groups -OCH3 is 1.